The smallest absolute Gasteiger partial charge is 0.307 e. The number of carbonyl (C=O) groups is 5. The summed E-state index contributed by atoms with van der Waals surface area (Å²) in [5, 5.41) is 16.3. The minimum absolute atomic E-state index is 0.0630. The van der Waals surface area contributed by atoms with Gasteiger partial charge in [-0.05, 0) is 82.3 Å². The molecule has 314 valence electrons. The third kappa shape index (κ3) is 12.0. The normalized spacial score (nSPS) is 19.0. The lowest BCUT2D eigenvalue weighted by molar-refractivity contribution is -0.144. The SMILES string of the molecule is O=C1COc2ccc(cc2)C[C@@H](C(=O)O)CC(=O)[C@H](Cc2ccc(-c3ccccc3)cc2)NC(=O)[C@@H](Cc2ccc(-c3ccccc3)cc2)NC(=O)[C@H](CCc2ccccc2)C1. The molecule has 0 radical (unpaired) electrons. The van der Waals surface area contributed by atoms with Crippen LogP contribution in [0.3, 0.4) is 0 Å². The predicted octanol–water partition coefficient (Wildman–Crippen LogP) is 8.28. The number of hydrogen-bond donors (Lipinski definition) is 3. The van der Waals surface area contributed by atoms with Crippen LogP contribution in [0.25, 0.3) is 22.3 Å². The quantitative estimate of drug-likeness (QED) is 0.126. The Morgan fingerprint density at radius 3 is 1.58 bits per heavy atom. The summed E-state index contributed by atoms with van der Waals surface area (Å²) in [6.45, 7) is -0.271. The summed E-state index contributed by atoms with van der Waals surface area (Å²) < 4.78 is 5.82. The van der Waals surface area contributed by atoms with Gasteiger partial charge >= 0.3 is 5.97 Å². The average molecular weight is 827 g/mol. The van der Waals surface area contributed by atoms with Crippen LogP contribution in [0.15, 0.2) is 164 Å². The molecule has 2 aliphatic heterocycles. The first kappa shape index (κ1) is 43.0. The minimum Gasteiger partial charge on any atom is -0.486 e. The molecule has 0 aliphatic carbocycles. The highest BCUT2D eigenvalue weighted by Gasteiger charge is 2.32. The van der Waals surface area contributed by atoms with Gasteiger partial charge in [-0.2, -0.15) is 0 Å². The molecule has 0 unspecified atom stereocenters. The molecule has 2 heterocycles. The zero-order valence-corrected chi connectivity index (χ0v) is 34.5. The summed E-state index contributed by atoms with van der Waals surface area (Å²) in [5.41, 5.74) is 7.23. The van der Waals surface area contributed by atoms with Crippen molar-refractivity contribution in [2.24, 2.45) is 11.8 Å². The fraction of sp³-hybridized carbons (Fsp3) is 0.226. The molecule has 0 saturated heterocycles. The Balaban J connectivity index is 1.22. The molecule has 6 aromatic rings. The van der Waals surface area contributed by atoms with E-state index in [1.54, 1.807) is 24.3 Å². The Morgan fingerprint density at radius 2 is 1.03 bits per heavy atom. The first-order valence-electron chi connectivity index (χ1n) is 21.1. The number of aryl methyl sites for hydroxylation is 1. The number of Topliss-reactive ketones (excluding diaryl/α,β-unsaturated/α-hetero) is 2. The molecule has 0 spiro atoms. The first-order chi connectivity index (χ1) is 30.2. The highest BCUT2D eigenvalue weighted by molar-refractivity contribution is 5.95. The number of benzene rings is 6. The van der Waals surface area contributed by atoms with Crippen molar-refractivity contribution in [3.63, 3.8) is 0 Å². The van der Waals surface area contributed by atoms with E-state index in [9.17, 15) is 29.1 Å². The summed E-state index contributed by atoms with van der Waals surface area (Å²) in [4.78, 5) is 69.5. The van der Waals surface area contributed by atoms with Crippen LogP contribution in [0, 0.1) is 11.8 Å². The second-order valence-corrected chi connectivity index (χ2v) is 16.0. The molecule has 2 aliphatic rings. The van der Waals surface area contributed by atoms with E-state index in [0.717, 1.165) is 38.9 Å². The van der Waals surface area contributed by atoms with E-state index in [4.69, 9.17) is 4.74 Å². The Hall–Kier alpha value is -7.13. The van der Waals surface area contributed by atoms with Gasteiger partial charge in [0.05, 0.1) is 12.0 Å². The van der Waals surface area contributed by atoms with Crippen LogP contribution in [0.5, 0.6) is 5.75 Å². The molecule has 62 heavy (non-hydrogen) atoms. The molecule has 2 amide bonds. The van der Waals surface area contributed by atoms with E-state index >= 15 is 0 Å². The molecule has 6 aromatic carbocycles. The van der Waals surface area contributed by atoms with Gasteiger partial charge in [-0.1, -0.05) is 152 Å². The van der Waals surface area contributed by atoms with Gasteiger partial charge in [-0.25, -0.2) is 0 Å². The lowest BCUT2D eigenvalue weighted by atomic mass is 9.89. The number of rotatable bonds is 10. The number of carbonyl (C=O) groups excluding carboxylic acids is 4. The van der Waals surface area contributed by atoms with Gasteiger partial charge in [-0.15, -0.1) is 0 Å². The maximum absolute atomic E-state index is 14.6. The Morgan fingerprint density at radius 1 is 0.532 bits per heavy atom. The van der Waals surface area contributed by atoms with E-state index in [2.05, 4.69) is 10.6 Å². The fourth-order valence-corrected chi connectivity index (χ4v) is 7.86. The second-order valence-electron chi connectivity index (χ2n) is 16.0. The van der Waals surface area contributed by atoms with Crippen molar-refractivity contribution in [3.8, 4) is 28.0 Å². The Bertz CT molecular complexity index is 2440. The van der Waals surface area contributed by atoms with E-state index in [1.165, 1.54) is 0 Å². The first-order valence-corrected chi connectivity index (χ1v) is 21.1. The number of ether oxygens (including phenoxy) is 1. The fourth-order valence-electron chi connectivity index (χ4n) is 7.86. The zero-order chi connectivity index (χ0) is 43.3. The van der Waals surface area contributed by atoms with Crippen LogP contribution in [0.1, 0.15) is 41.5 Å². The Kier molecular flexibility index (Phi) is 14.5. The summed E-state index contributed by atoms with van der Waals surface area (Å²) in [6.07, 6.45) is 0.662. The van der Waals surface area contributed by atoms with Crippen LogP contribution >= 0.6 is 0 Å². The monoisotopic (exact) mass is 826 g/mol. The van der Waals surface area contributed by atoms with Crippen LogP contribution in [0.4, 0.5) is 0 Å². The number of carboxylic acids is 1. The van der Waals surface area contributed by atoms with Crippen molar-refractivity contribution >= 4 is 29.4 Å². The third-order valence-electron chi connectivity index (χ3n) is 11.4. The summed E-state index contributed by atoms with van der Waals surface area (Å²) in [7, 11) is 0. The molecule has 4 atom stereocenters. The minimum atomic E-state index is -1.14. The molecule has 3 N–H and O–H groups in total. The zero-order valence-electron chi connectivity index (χ0n) is 34.5. The largest absolute Gasteiger partial charge is 0.486 e. The number of carboxylic acid groups (broad SMARTS) is 1. The number of nitrogens with one attached hydrogen (secondary N) is 2. The van der Waals surface area contributed by atoms with E-state index in [-0.39, 0.29) is 44.5 Å². The van der Waals surface area contributed by atoms with Crippen molar-refractivity contribution < 1.29 is 33.8 Å². The van der Waals surface area contributed by atoms with Crippen LogP contribution in [0.2, 0.25) is 0 Å². The van der Waals surface area contributed by atoms with Crippen molar-refractivity contribution in [3.05, 3.63) is 186 Å². The van der Waals surface area contributed by atoms with Crippen LogP contribution < -0.4 is 15.4 Å². The topological polar surface area (TPSA) is 139 Å². The molecule has 0 fully saturated rings. The standard InChI is InChI=1S/C53H50N2O7/c56-46-33-44(27-16-36-10-4-1-5-11-36)51(58)55-49(32-39-19-25-43(26-20-39)41-14-8-3-9-15-41)52(59)54-48(31-38-17-23-42(24-18-38)40-12-6-2-7-13-40)50(57)34-45(53(60)61)30-37-21-28-47(29-22-37)62-35-46/h1-15,17-26,28-29,44-45,48-49H,16,27,30-35H2,(H,54,59)(H,55,58)(H,60,61)/t44-,45-,48+,49-/m1/s1. The molecule has 0 saturated carbocycles. The van der Waals surface area contributed by atoms with Crippen LogP contribution in [-0.2, 0) is 49.7 Å². The molecule has 8 rings (SSSR count). The van der Waals surface area contributed by atoms with E-state index in [1.807, 2.05) is 140 Å². The molecule has 2 bridgehead atoms. The highest BCUT2D eigenvalue weighted by Crippen LogP contribution is 2.24. The molecule has 9 heteroatoms. The van der Waals surface area contributed by atoms with Crippen molar-refractivity contribution in [2.45, 2.75) is 57.0 Å². The van der Waals surface area contributed by atoms with Gasteiger partial charge in [-0.3, -0.25) is 24.0 Å². The second kappa shape index (κ2) is 20.9. The van der Waals surface area contributed by atoms with Gasteiger partial charge in [0.1, 0.15) is 18.4 Å². The number of hydrogen-bond acceptors (Lipinski definition) is 6. The van der Waals surface area contributed by atoms with Crippen molar-refractivity contribution in [1.82, 2.24) is 10.6 Å². The Labute approximate surface area is 362 Å². The number of ketones is 2. The molecular formula is C53H50N2O7. The average Bonchev–Trinajstić information content (AvgIpc) is 3.30. The van der Waals surface area contributed by atoms with Crippen molar-refractivity contribution in [2.75, 3.05) is 6.61 Å². The maximum Gasteiger partial charge on any atom is 0.307 e. The van der Waals surface area contributed by atoms with Gasteiger partial charge in [0.25, 0.3) is 0 Å². The van der Waals surface area contributed by atoms with Gasteiger partial charge in [0.15, 0.2) is 11.6 Å². The van der Waals surface area contributed by atoms with Gasteiger partial charge in [0, 0.05) is 25.2 Å². The van der Waals surface area contributed by atoms with E-state index < -0.39 is 47.5 Å². The van der Waals surface area contributed by atoms with Crippen molar-refractivity contribution in [1.29, 1.82) is 0 Å². The lowest BCUT2D eigenvalue weighted by Crippen LogP contribution is -2.54. The molecule has 0 aromatic heterocycles. The lowest BCUT2D eigenvalue weighted by Gasteiger charge is -2.26. The van der Waals surface area contributed by atoms with E-state index in [0.29, 0.717) is 24.2 Å². The van der Waals surface area contributed by atoms with Gasteiger partial charge in [0.2, 0.25) is 11.8 Å². The maximum atomic E-state index is 14.6. The van der Waals surface area contributed by atoms with Crippen LogP contribution in [-0.4, -0.2) is 53.1 Å². The number of aliphatic carboxylic acids is 1. The number of amides is 2. The predicted molar refractivity (Wildman–Crippen MR) is 239 cm³/mol. The summed E-state index contributed by atoms with van der Waals surface area (Å²) in [6, 6.07) is 49.4. The van der Waals surface area contributed by atoms with Gasteiger partial charge < -0.3 is 20.5 Å². The number of fused-ring (bicyclic) bond motifs is 16. The third-order valence-corrected chi connectivity index (χ3v) is 11.4. The summed E-state index contributed by atoms with van der Waals surface area (Å²) >= 11 is 0. The molecule has 9 nitrogen and oxygen atoms in total. The molecular weight excluding hydrogens is 777 g/mol. The summed E-state index contributed by atoms with van der Waals surface area (Å²) in [5.74, 6) is -4.39. The highest BCUT2D eigenvalue weighted by atomic mass is 16.5.